The van der Waals surface area contributed by atoms with Gasteiger partial charge in [-0.1, -0.05) is 0 Å². The van der Waals surface area contributed by atoms with Crippen LogP contribution in [0.15, 0.2) is 52.6 Å². The Labute approximate surface area is 173 Å². The third kappa shape index (κ3) is 3.68. The van der Waals surface area contributed by atoms with Gasteiger partial charge in [0.1, 0.15) is 18.2 Å². The van der Waals surface area contributed by atoms with Gasteiger partial charge in [-0.3, -0.25) is 14.5 Å². The summed E-state index contributed by atoms with van der Waals surface area (Å²) in [5.74, 6) is 0.386. The van der Waals surface area contributed by atoms with E-state index in [-0.39, 0.29) is 17.0 Å². The maximum Gasteiger partial charge on any atom is 0.263 e. The van der Waals surface area contributed by atoms with Crippen molar-refractivity contribution in [3.05, 3.63) is 70.6 Å². The summed E-state index contributed by atoms with van der Waals surface area (Å²) in [6.07, 6.45) is 7.76. The molecule has 5 heterocycles. The first-order chi connectivity index (χ1) is 14.7. The van der Waals surface area contributed by atoms with Crippen LogP contribution in [0.5, 0.6) is 0 Å². The highest BCUT2D eigenvalue weighted by Gasteiger charge is 2.35. The minimum atomic E-state index is -0.333. The Kier molecular flexibility index (Phi) is 4.96. The van der Waals surface area contributed by atoms with Crippen LogP contribution in [0.3, 0.4) is 0 Å². The molecule has 1 amide bonds. The van der Waals surface area contributed by atoms with Crippen molar-refractivity contribution in [1.29, 1.82) is 0 Å². The Morgan fingerprint density at radius 2 is 2.03 bits per heavy atom. The number of nitrogens with one attached hydrogen (secondary N) is 1. The largest absolute Gasteiger partial charge is 0.472 e. The van der Waals surface area contributed by atoms with Crippen molar-refractivity contribution in [3.8, 4) is 0 Å². The summed E-state index contributed by atoms with van der Waals surface area (Å²) >= 11 is 0. The Morgan fingerprint density at radius 1 is 1.17 bits per heavy atom. The molecule has 5 rings (SSSR count). The van der Waals surface area contributed by atoms with Gasteiger partial charge in [0.05, 0.1) is 12.5 Å². The van der Waals surface area contributed by atoms with Crippen molar-refractivity contribution in [1.82, 2.24) is 29.5 Å². The summed E-state index contributed by atoms with van der Waals surface area (Å²) in [5.41, 5.74) is 2.23. The van der Waals surface area contributed by atoms with E-state index in [1.165, 1.54) is 5.56 Å². The van der Waals surface area contributed by atoms with Gasteiger partial charge in [-0.15, -0.1) is 10.2 Å². The second-order valence-electron chi connectivity index (χ2n) is 8.17. The van der Waals surface area contributed by atoms with Gasteiger partial charge in [0, 0.05) is 56.4 Å². The lowest BCUT2D eigenvalue weighted by Crippen LogP contribution is -2.47. The topological polar surface area (TPSA) is 98.2 Å². The van der Waals surface area contributed by atoms with E-state index in [1.807, 2.05) is 16.7 Å². The zero-order valence-electron chi connectivity index (χ0n) is 16.6. The average Bonchev–Trinajstić information content (AvgIpc) is 3.43. The van der Waals surface area contributed by atoms with Crippen LogP contribution in [-0.2, 0) is 19.6 Å². The lowest BCUT2D eigenvalue weighted by atomic mass is 9.83. The van der Waals surface area contributed by atoms with Gasteiger partial charge in [0.25, 0.3) is 11.5 Å². The summed E-state index contributed by atoms with van der Waals surface area (Å²) in [5, 5.41) is 10.3. The second kappa shape index (κ2) is 7.91. The molecule has 1 saturated heterocycles. The van der Waals surface area contributed by atoms with Gasteiger partial charge in [0.2, 0.25) is 0 Å². The predicted octanol–water partition coefficient (Wildman–Crippen LogP) is 1.08. The molecule has 0 aromatic carbocycles. The highest BCUT2D eigenvalue weighted by atomic mass is 16.3. The maximum atomic E-state index is 13.1. The minimum Gasteiger partial charge on any atom is -0.472 e. The molecular weight excluding hydrogens is 384 g/mol. The third-order valence-corrected chi connectivity index (χ3v) is 6.03. The van der Waals surface area contributed by atoms with Crippen LogP contribution in [0.25, 0.3) is 0 Å². The number of nitrogens with zero attached hydrogens (tertiary/aromatic N) is 5. The summed E-state index contributed by atoms with van der Waals surface area (Å²) < 4.78 is 8.79. The number of fused-ring (bicyclic) bond motifs is 4. The van der Waals surface area contributed by atoms with Gasteiger partial charge in [-0.2, -0.15) is 0 Å². The van der Waals surface area contributed by atoms with Gasteiger partial charge in [-0.05, 0) is 30.5 Å². The lowest BCUT2D eigenvalue weighted by molar-refractivity contribution is 0.0945. The average molecular weight is 408 g/mol. The van der Waals surface area contributed by atoms with Crippen molar-refractivity contribution >= 4 is 5.91 Å². The molecule has 9 nitrogen and oxygen atoms in total. The van der Waals surface area contributed by atoms with Gasteiger partial charge >= 0.3 is 0 Å². The summed E-state index contributed by atoms with van der Waals surface area (Å²) in [6, 6.07) is 5.63. The van der Waals surface area contributed by atoms with E-state index in [1.54, 1.807) is 35.8 Å². The molecule has 30 heavy (non-hydrogen) atoms. The lowest BCUT2D eigenvalue weighted by Gasteiger charge is -2.42. The van der Waals surface area contributed by atoms with E-state index in [9.17, 15) is 9.59 Å². The fraction of sp³-hybridized carbons (Fsp3) is 0.429. The first-order valence-electron chi connectivity index (χ1n) is 10.2. The molecule has 2 aliphatic rings. The molecular formula is C21H24N6O3. The van der Waals surface area contributed by atoms with Crippen LogP contribution in [-0.4, -0.2) is 49.8 Å². The molecule has 0 aliphatic carbocycles. The van der Waals surface area contributed by atoms with Crippen molar-refractivity contribution in [2.45, 2.75) is 32.0 Å². The molecule has 2 atom stereocenters. The third-order valence-electron chi connectivity index (χ3n) is 6.03. The van der Waals surface area contributed by atoms with Crippen molar-refractivity contribution in [3.63, 3.8) is 0 Å². The second-order valence-corrected chi connectivity index (χ2v) is 8.17. The van der Waals surface area contributed by atoms with Crippen LogP contribution in [0.1, 0.15) is 34.0 Å². The Hall–Kier alpha value is -3.20. The first kappa shape index (κ1) is 18.8. The molecule has 2 bridgehead atoms. The van der Waals surface area contributed by atoms with Gasteiger partial charge < -0.3 is 18.9 Å². The molecule has 2 aliphatic heterocycles. The summed E-state index contributed by atoms with van der Waals surface area (Å²) in [4.78, 5) is 28.1. The molecule has 1 fully saturated rings. The van der Waals surface area contributed by atoms with E-state index in [0.29, 0.717) is 31.5 Å². The Balaban J connectivity index is 1.29. The normalized spacial score (nSPS) is 20.7. The number of piperidine rings is 1. The first-order valence-corrected chi connectivity index (χ1v) is 10.2. The monoisotopic (exact) mass is 408 g/mol. The Bertz CT molecular complexity index is 1070. The minimum absolute atomic E-state index is 0.188. The van der Waals surface area contributed by atoms with Crippen LogP contribution < -0.4 is 10.9 Å². The number of carbonyl (C=O) groups excluding carboxylic acids is 1. The predicted molar refractivity (Wildman–Crippen MR) is 108 cm³/mol. The summed E-state index contributed by atoms with van der Waals surface area (Å²) in [7, 11) is 0. The zero-order valence-corrected chi connectivity index (χ0v) is 16.6. The molecule has 156 valence electrons. The molecule has 3 aromatic heterocycles. The highest BCUT2D eigenvalue weighted by Crippen LogP contribution is 2.35. The van der Waals surface area contributed by atoms with E-state index in [2.05, 4.69) is 20.4 Å². The quantitative estimate of drug-likeness (QED) is 0.656. The van der Waals surface area contributed by atoms with E-state index < -0.39 is 0 Å². The van der Waals surface area contributed by atoms with Crippen molar-refractivity contribution in [2.24, 2.45) is 5.92 Å². The van der Waals surface area contributed by atoms with E-state index in [0.717, 1.165) is 31.7 Å². The molecule has 0 radical (unpaired) electrons. The molecule has 0 saturated carbocycles. The van der Waals surface area contributed by atoms with Gasteiger partial charge in [-0.25, -0.2) is 0 Å². The van der Waals surface area contributed by atoms with Crippen molar-refractivity contribution < 1.29 is 9.21 Å². The molecule has 3 aromatic rings. The number of furan rings is 1. The van der Waals surface area contributed by atoms with E-state index >= 15 is 0 Å². The molecule has 9 heteroatoms. The summed E-state index contributed by atoms with van der Waals surface area (Å²) in [6.45, 7) is 4.34. The van der Waals surface area contributed by atoms with E-state index in [4.69, 9.17) is 4.42 Å². The molecule has 0 unspecified atom stereocenters. The van der Waals surface area contributed by atoms with Crippen molar-refractivity contribution in [2.75, 3.05) is 19.6 Å². The zero-order chi connectivity index (χ0) is 20.5. The number of aromatic nitrogens is 4. The molecule has 0 spiro atoms. The van der Waals surface area contributed by atoms with Crippen LogP contribution >= 0.6 is 0 Å². The number of pyridine rings is 1. The Morgan fingerprint density at radius 3 is 2.83 bits per heavy atom. The SMILES string of the molecule is O=C(NCCn1cnnc1)c1ccc2n(c1=O)C[C@H]1C[C@@H]2CN(Cc2ccoc2)C1. The number of carbonyl (C=O) groups is 1. The van der Waals surface area contributed by atoms with Crippen LogP contribution in [0.2, 0.25) is 0 Å². The fourth-order valence-corrected chi connectivity index (χ4v) is 4.72. The number of rotatable bonds is 6. The highest BCUT2D eigenvalue weighted by molar-refractivity contribution is 5.93. The van der Waals surface area contributed by atoms with Crippen LogP contribution in [0, 0.1) is 5.92 Å². The molecule has 1 N–H and O–H groups in total. The van der Waals surface area contributed by atoms with Gasteiger partial charge in [0.15, 0.2) is 0 Å². The number of likely N-dealkylation sites (tertiary alicyclic amines) is 1. The number of amides is 1. The fourth-order valence-electron chi connectivity index (χ4n) is 4.72. The van der Waals surface area contributed by atoms with Crippen LogP contribution in [0.4, 0.5) is 0 Å². The number of hydrogen-bond acceptors (Lipinski definition) is 6. The standard InChI is InChI=1S/C21H24N6O3/c28-20(22-4-5-25-13-23-24-14-25)18-1-2-19-17-7-16(10-27(19)21(18)29)9-26(11-17)8-15-3-6-30-12-15/h1-3,6,12-14,16-17H,4-5,7-11H2,(H,22,28)/t16-,17+/m0/s1. The number of hydrogen-bond donors (Lipinski definition) is 1. The smallest absolute Gasteiger partial charge is 0.263 e. The maximum absolute atomic E-state index is 13.1.